The molecule has 0 aromatic heterocycles. The molecule has 0 aromatic carbocycles. The number of carbonyl (C=O) groups is 2. The van der Waals surface area contributed by atoms with Gasteiger partial charge in [0.1, 0.15) is 12.6 Å². The number of rotatable bonds is 4. The van der Waals surface area contributed by atoms with Gasteiger partial charge in [-0.15, -0.1) is 0 Å². The molecule has 2 atom stereocenters. The Morgan fingerprint density at radius 1 is 1.61 bits per heavy atom. The van der Waals surface area contributed by atoms with Crippen LogP contribution in [0.5, 0.6) is 0 Å². The molecule has 0 unspecified atom stereocenters. The molecule has 6 nitrogen and oxygen atoms in total. The summed E-state index contributed by atoms with van der Waals surface area (Å²) in [6.07, 6.45) is 0.561. The van der Waals surface area contributed by atoms with Gasteiger partial charge in [0.15, 0.2) is 0 Å². The van der Waals surface area contributed by atoms with Gasteiger partial charge in [0, 0.05) is 19.1 Å². The number of nitrogens with one attached hydrogen (secondary N) is 2. The van der Waals surface area contributed by atoms with E-state index in [1.807, 2.05) is 13.8 Å². The lowest BCUT2D eigenvalue weighted by Crippen LogP contribution is -2.50. The van der Waals surface area contributed by atoms with Gasteiger partial charge >= 0.3 is 6.09 Å². The van der Waals surface area contributed by atoms with Crippen LogP contribution in [0.4, 0.5) is 4.79 Å². The monoisotopic (exact) mass is 255 g/mol. The van der Waals surface area contributed by atoms with Gasteiger partial charge in [0.2, 0.25) is 5.91 Å². The Kier molecular flexibility index (Phi) is 4.06. The van der Waals surface area contributed by atoms with Crippen LogP contribution in [0.1, 0.15) is 20.3 Å². The molecule has 2 saturated heterocycles. The maximum atomic E-state index is 12.1. The Balaban J connectivity index is 1.93. The van der Waals surface area contributed by atoms with Crippen molar-refractivity contribution in [2.24, 2.45) is 5.92 Å². The molecule has 0 aromatic rings. The Morgan fingerprint density at radius 2 is 2.39 bits per heavy atom. The highest BCUT2D eigenvalue weighted by Crippen LogP contribution is 2.15. The zero-order valence-corrected chi connectivity index (χ0v) is 10.9. The van der Waals surface area contributed by atoms with E-state index in [4.69, 9.17) is 4.74 Å². The second-order valence-electron chi connectivity index (χ2n) is 5.34. The first-order valence-corrected chi connectivity index (χ1v) is 6.52. The zero-order chi connectivity index (χ0) is 13.1. The topological polar surface area (TPSA) is 70.7 Å². The minimum absolute atomic E-state index is 0.102. The van der Waals surface area contributed by atoms with Crippen molar-refractivity contribution in [3.8, 4) is 0 Å². The average Bonchev–Trinajstić information content (AvgIpc) is 2.90. The van der Waals surface area contributed by atoms with E-state index in [2.05, 4.69) is 10.6 Å². The standard InChI is InChI=1S/C12H21N3O3/c1-8(2)6-15-10(7-18-12(15)17)11(16)14-9-3-4-13-5-9/h8-10,13H,3-7H2,1-2H3,(H,14,16)/t9-,10+/m1/s1. The molecule has 0 spiro atoms. The third-order valence-electron chi connectivity index (χ3n) is 3.25. The van der Waals surface area contributed by atoms with E-state index in [0.717, 1.165) is 19.5 Å². The molecule has 2 heterocycles. The lowest BCUT2D eigenvalue weighted by molar-refractivity contribution is -0.125. The molecule has 6 heteroatoms. The van der Waals surface area contributed by atoms with Crippen LogP contribution in [0, 0.1) is 5.92 Å². The molecule has 2 aliphatic heterocycles. The first kappa shape index (κ1) is 13.1. The van der Waals surface area contributed by atoms with Gasteiger partial charge in [-0.25, -0.2) is 4.79 Å². The average molecular weight is 255 g/mol. The highest BCUT2D eigenvalue weighted by Gasteiger charge is 2.38. The summed E-state index contributed by atoms with van der Waals surface area (Å²) in [6, 6.07) is -0.297. The Labute approximate surface area is 107 Å². The summed E-state index contributed by atoms with van der Waals surface area (Å²) in [4.78, 5) is 25.2. The number of hydrogen-bond acceptors (Lipinski definition) is 4. The minimum Gasteiger partial charge on any atom is -0.447 e. The Hall–Kier alpha value is -1.30. The summed E-state index contributed by atoms with van der Waals surface area (Å²) in [5.41, 5.74) is 0. The van der Waals surface area contributed by atoms with E-state index in [-0.39, 0.29) is 24.6 Å². The Bertz CT molecular complexity index is 327. The van der Waals surface area contributed by atoms with E-state index in [9.17, 15) is 9.59 Å². The van der Waals surface area contributed by atoms with Crippen LogP contribution in [-0.4, -0.2) is 55.2 Å². The molecule has 18 heavy (non-hydrogen) atoms. The third-order valence-corrected chi connectivity index (χ3v) is 3.25. The van der Waals surface area contributed by atoms with Crippen molar-refractivity contribution < 1.29 is 14.3 Å². The number of carbonyl (C=O) groups excluding carboxylic acids is 2. The maximum absolute atomic E-state index is 12.1. The lowest BCUT2D eigenvalue weighted by Gasteiger charge is -2.23. The fourth-order valence-electron chi connectivity index (χ4n) is 2.34. The summed E-state index contributed by atoms with van der Waals surface area (Å²) in [7, 11) is 0. The molecule has 0 saturated carbocycles. The van der Waals surface area contributed by atoms with Gasteiger partial charge in [0.05, 0.1) is 0 Å². The predicted molar refractivity (Wildman–Crippen MR) is 66.1 cm³/mol. The van der Waals surface area contributed by atoms with Gasteiger partial charge < -0.3 is 15.4 Å². The van der Waals surface area contributed by atoms with Crippen molar-refractivity contribution in [2.75, 3.05) is 26.2 Å². The van der Waals surface area contributed by atoms with Gasteiger partial charge in [-0.3, -0.25) is 9.69 Å². The summed E-state index contributed by atoms with van der Waals surface area (Å²) in [5.74, 6) is 0.217. The zero-order valence-electron chi connectivity index (χ0n) is 10.9. The Morgan fingerprint density at radius 3 is 3.00 bits per heavy atom. The van der Waals surface area contributed by atoms with Crippen molar-refractivity contribution in [3.05, 3.63) is 0 Å². The number of hydrogen-bond donors (Lipinski definition) is 2. The van der Waals surface area contributed by atoms with Crippen LogP contribution in [0.3, 0.4) is 0 Å². The normalized spacial score (nSPS) is 27.7. The molecule has 2 N–H and O–H groups in total. The van der Waals surface area contributed by atoms with Crippen molar-refractivity contribution in [1.82, 2.24) is 15.5 Å². The number of cyclic esters (lactones) is 1. The first-order valence-electron chi connectivity index (χ1n) is 6.52. The molecular weight excluding hydrogens is 234 g/mol. The SMILES string of the molecule is CC(C)CN1C(=O)OC[C@H]1C(=O)N[C@@H]1CCNC1. The molecule has 2 fully saturated rings. The van der Waals surface area contributed by atoms with Gasteiger partial charge in [0.25, 0.3) is 0 Å². The first-order chi connectivity index (χ1) is 8.58. The van der Waals surface area contributed by atoms with Crippen molar-refractivity contribution in [2.45, 2.75) is 32.4 Å². The highest BCUT2D eigenvalue weighted by atomic mass is 16.6. The molecule has 0 radical (unpaired) electrons. The largest absolute Gasteiger partial charge is 0.447 e. The van der Waals surface area contributed by atoms with Gasteiger partial charge in [-0.1, -0.05) is 13.8 Å². The third kappa shape index (κ3) is 2.93. The van der Waals surface area contributed by atoms with Crippen LogP contribution in [-0.2, 0) is 9.53 Å². The quantitative estimate of drug-likeness (QED) is 0.738. The summed E-state index contributed by atoms with van der Waals surface area (Å²) in [6.45, 7) is 6.48. The van der Waals surface area contributed by atoms with Crippen LogP contribution >= 0.6 is 0 Å². The predicted octanol–water partition coefficient (Wildman–Crippen LogP) is -0.0587. The van der Waals surface area contributed by atoms with Crippen LogP contribution in [0.2, 0.25) is 0 Å². The van der Waals surface area contributed by atoms with E-state index in [1.165, 1.54) is 4.90 Å². The second kappa shape index (κ2) is 5.56. The fraction of sp³-hybridized carbons (Fsp3) is 0.833. The molecule has 102 valence electrons. The molecule has 0 aliphatic carbocycles. The fourth-order valence-corrected chi connectivity index (χ4v) is 2.34. The number of ether oxygens (including phenoxy) is 1. The van der Waals surface area contributed by atoms with E-state index in [0.29, 0.717) is 12.5 Å². The number of amides is 2. The maximum Gasteiger partial charge on any atom is 0.410 e. The molecule has 2 rings (SSSR count). The smallest absolute Gasteiger partial charge is 0.410 e. The van der Waals surface area contributed by atoms with Gasteiger partial charge in [-0.2, -0.15) is 0 Å². The minimum atomic E-state index is -0.472. The van der Waals surface area contributed by atoms with E-state index >= 15 is 0 Å². The molecular formula is C12H21N3O3. The summed E-state index contributed by atoms with van der Waals surface area (Å²) in [5, 5.41) is 6.16. The molecule has 2 amide bonds. The summed E-state index contributed by atoms with van der Waals surface area (Å²) < 4.78 is 4.98. The van der Waals surface area contributed by atoms with Crippen molar-refractivity contribution in [3.63, 3.8) is 0 Å². The molecule has 0 bridgehead atoms. The van der Waals surface area contributed by atoms with Crippen molar-refractivity contribution >= 4 is 12.0 Å². The van der Waals surface area contributed by atoms with Crippen LogP contribution < -0.4 is 10.6 Å². The molecule has 2 aliphatic rings. The van der Waals surface area contributed by atoms with Crippen LogP contribution in [0.15, 0.2) is 0 Å². The van der Waals surface area contributed by atoms with Gasteiger partial charge in [-0.05, 0) is 18.9 Å². The second-order valence-corrected chi connectivity index (χ2v) is 5.34. The highest BCUT2D eigenvalue weighted by molar-refractivity contribution is 5.88. The van der Waals surface area contributed by atoms with E-state index in [1.54, 1.807) is 0 Å². The van der Waals surface area contributed by atoms with E-state index < -0.39 is 6.04 Å². The van der Waals surface area contributed by atoms with Crippen molar-refractivity contribution in [1.29, 1.82) is 0 Å². The number of nitrogens with zero attached hydrogens (tertiary/aromatic N) is 1. The summed E-state index contributed by atoms with van der Waals surface area (Å²) >= 11 is 0. The lowest BCUT2D eigenvalue weighted by atomic mass is 10.1. The van der Waals surface area contributed by atoms with Crippen LogP contribution in [0.25, 0.3) is 0 Å².